The van der Waals surface area contributed by atoms with Crippen LogP contribution in [0.1, 0.15) is 35.7 Å². The van der Waals surface area contributed by atoms with Crippen LogP contribution in [-0.4, -0.2) is 49.4 Å². The number of benzene rings is 1. The second-order valence-electron chi connectivity index (χ2n) is 5.89. The van der Waals surface area contributed by atoms with Crippen molar-refractivity contribution in [2.45, 2.75) is 19.8 Å². The molecule has 6 nitrogen and oxygen atoms in total. The second kappa shape index (κ2) is 9.01. The number of nitrogens with zero attached hydrogens (tertiary/aromatic N) is 1. The number of esters is 1. The first-order chi connectivity index (χ1) is 12.0. The van der Waals surface area contributed by atoms with Crippen molar-refractivity contribution in [3.63, 3.8) is 0 Å². The maximum atomic E-state index is 12.3. The minimum atomic E-state index is -0.165. The molecule has 1 aromatic carbocycles. The fourth-order valence-corrected chi connectivity index (χ4v) is 2.76. The molecular formula is C19H24N2O4. The first-order valence-electron chi connectivity index (χ1n) is 8.51. The number of carbonyl (C=O) groups is 3. The minimum Gasteiger partial charge on any atom is -0.466 e. The predicted octanol–water partition coefficient (Wildman–Crippen LogP) is 1.86. The third-order valence-electron chi connectivity index (χ3n) is 4.24. The third-order valence-corrected chi connectivity index (χ3v) is 4.24. The first kappa shape index (κ1) is 18.7. The van der Waals surface area contributed by atoms with Gasteiger partial charge in [0.1, 0.15) is 0 Å². The van der Waals surface area contributed by atoms with E-state index in [9.17, 15) is 14.4 Å². The molecule has 25 heavy (non-hydrogen) atoms. The molecule has 0 unspecified atom stereocenters. The van der Waals surface area contributed by atoms with E-state index in [1.807, 2.05) is 0 Å². The molecular weight excluding hydrogens is 320 g/mol. The van der Waals surface area contributed by atoms with Crippen LogP contribution in [0.15, 0.2) is 30.3 Å². The van der Waals surface area contributed by atoms with Crippen LogP contribution in [0.25, 0.3) is 6.08 Å². The smallest absolute Gasteiger partial charge is 0.309 e. The third kappa shape index (κ3) is 5.17. The molecule has 0 atom stereocenters. The number of rotatable bonds is 5. The normalized spacial score (nSPS) is 15.2. The quantitative estimate of drug-likeness (QED) is 0.653. The lowest BCUT2D eigenvalue weighted by Gasteiger charge is -2.30. The summed E-state index contributed by atoms with van der Waals surface area (Å²) < 4.78 is 5.03. The van der Waals surface area contributed by atoms with Gasteiger partial charge in [-0.05, 0) is 43.5 Å². The summed E-state index contributed by atoms with van der Waals surface area (Å²) >= 11 is 0. The van der Waals surface area contributed by atoms with Crippen LogP contribution in [0.5, 0.6) is 0 Å². The molecule has 0 aliphatic carbocycles. The van der Waals surface area contributed by atoms with Gasteiger partial charge in [0.25, 0.3) is 5.91 Å². The van der Waals surface area contributed by atoms with E-state index in [1.54, 1.807) is 49.2 Å². The van der Waals surface area contributed by atoms with Crippen LogP contribution >= 0.6 is 0 Å². The van der Waals surface area contributed by atoms with E-state index in [1.165, 1.54) is 6.08 Å². The Hall–Kier alpha value is -2.63. The maximum absolute atomic E-state index is 12.3. The highest BCUT2D eigenvalue weighted by Gasteiger charge is 2.27. The van der Waals surface area contributed by atoms with Crippen LogP contribution in [0, 0.1) is 5.92 Å². The molecule has 6 heteroatoms. The molecule has 1 aromatic rings. The van der Waals surface area contributed by atoms with Crippen molar-refractivity contribution < 1.29 is 19.1 Å². The SMILES string of the molecule is CCOC(=O)C1CCN(C(=O)/C=C/c2ccc(C(=O)NC)cc2)CC1. The number of ether oxygens (including phenoxy) is 1. The number of nitrogens with one attached hydrogen (secondary N) is 1. The van der Waals surface area contributed by atoms with Gasteiger partial charge in [0.2, 0.25) is 5.91 Å². The Morgan fingerprint density at radius 3 is 2.40 bits per heavy atom. The van der Waals surface area contributed by atoms with Gasteiger partial charge in [-0.3, -0.25) is 14.4 Å². The summed E-state index contributed by atoms with van der Waals surface area (Å²) in [5.74, 6) is -0.486. The summed E-state index contributed by atoms with van der Waals surface area (Å²) in [6.45, 7) is 3.30. The van der Waals surface area contributed by atoms with E-state index in [4.69, 9.17) is 4.74 Å². The molecule has 0 radical (unpaired) electrons. The lowest BCUT2D eigenvalue weighted by molar-refractivity contribution is -0.150. The molecule has 0 aromatic heterocycles. The lowest BCUT2D eigenvalue weighted by atomic mass is 9.97. The van der Waals surface area contributed by atoms with Gasteiger partial charge in [-0.1, -0.05) is 12.1 Å². The van der Waals surface area contributed by atoms with E-state index < -0.39 is 0 Å². The van der Waals surface area contributed by atoms with Gasteiger partial charge in [-0.15, -0.1) is 0 Å². The fraction of sp³-hybridized carbons (Fsp3) is 0.421. The van der Waals surface area contributed by atoms with Crippen molar-refractivity contribution in [1.29, 1.82) is 0 Å². The van der Waals surface area contributed by atoms with Gasteiger partial charge in [0.05, 0.1) is 12.5 Å². The highest BCUT2D eigenvalue weighted by atomic mass is 16.5. The van der Waals surface area contributed by atoms with Crippen molar-refractivity contribution in [3.8, 4) is 0 Å². The molecule has 2 rings (SSSR count). The molecule has 1 fully saturated rings. The summed E-state index contributed by atoms with van der Waals surface area (Å²) in [5, 5.41) is 2.56. The number of piperidine rings is 1. The number of likely N-dealkylation sites (tertiary alicyclic amines) is 1. The molecule has 0 spiro atoms. The zero-order valence-corrected chi connectivity index (χ0v) is 14.7. The van der Waals surface area contributed by atoms with Gasteiger partial charge < -0.3 is 15.0 Å². The van der Waals surface area contributed by atoms with Gasteiger partial charge in [0, 0.05) is 31.8 Å². The minimum absolute atomic E-state index is 0.0716. The van der Waals surface area contributed by atoms with Crippen molar-refractivity contribution in [1.82, 2.24) is 10.2 Å². The highest BCUT2D eigenvalue weighted by Crippen LogP contribution is 2.19. The molecule has 0 bridgehead atoms. The van der Waals surface area contributed by atoms with Gasteiger partial charge in [-0.25, -0.2) is 0 Å². The largest absolute Gasteiger partial charge is 0.466 e. The zero-order valence-electron chi connectivity index (χ0n) is 14.7. The van der Waals surface area contributed by atoms with E-state index in [0.29, 0.717) is 38.1 Å². The van der Waals surface area contributed by atoms with Gasteiger partial charge in [0.15, 0.2) is 0 Å². The summed E-state index contributed by atoms with van der Waals surface area (Å²) in [4.78, 5) is 37.2. The van der Waals surface area contributed by atoms with Crippen molar-refractivity contribution >= 4 is 23.9 Å². The van der Waals surface area contributed by atoms with E-state index in [0.717, 1.165) is 5.56 Å². The fourth-order valence-electron chi connectivity index (χ4n) is 2.76. The van der Waals surface area contributed by atoms with Crippen LogP contribution in [0.2, 0.25) is 0 Å². The molecule has 1 saturated heterocycles. The van der Waals surface area contributed by atoms with Crippen LogP contribution in [0.3, 0.4) is 0 Å². The average Bonchev–Trinajstić information content (AvgIpc) is 2.66. The average molecular weight is 344 g/mol. The van der Waals surface area contributed by atoms with Crippen molar-refractivity contribution in [2.75, 3.05) is 26.7 Å². The monoisotopic (exact) mass is 344 g/mol. The Morgan fingerprint density at radius 2 is 1.84 bits per heavy atom. The standard InChI is InChI=1S/C19H24N2O4/c1-3-25-19(24)16-10-12-21(13-11-16)17(22)9-6-14-4-7-15(8-5-14)18(23)20-2/h4-9,16H,3,10-13H2,1-2H3,(H,20,23)/b9-6+. The molecule has 1 aliphatic heterocycles. The van der Waals surface area contributed by atoms with E-state index >= 15 is 0 Å². The maximum Gasteiger partial charge on any atom is 0.309 e. The number of amides is 2. The number of carbonyl (C=O) groups excluding carboxylic acids is 3. The lowest BCUT2D eigenvalue weighted by Crippen LogP contribution is -2.39. The van der Waals surface area contributed by atoms with E-state index in [2.05, 4.69) is 5.32 Å². The molecule has 1 N–H and O–H groups in total. The Kier molecular flexibility index (Phi) is 6.74. The number of hydrogen-bond donors (Lipinski definition) is 1. The summed E-state index contributed by atoms with van der Waals surface area (Å²) in [7, 11) is 1.58. The van der Waals surface area contributed by atoms with Crippen LogP contribution in [-0.2, 0) is 14.3 Å². The Balaban J connectivity index is 1.87. The van der Waals surface area contributed by atoms with Crippen LogP contribution < -0.4 is 5.32 Å². The summed E-state index contributed by atoms with van der Waals surface area (Å²) in [6.07, 6.45) is 4.53. The Labute approximate surface area is 147 Å². The molecule has 2 amide bonds. The Bertz CT molecular complexity index is 644. The Morgan fingerprint density at radius 1 is 1.20 bits per heavy atom. The van der Waals surface area contributed by atoms with E-state index in [-0.39, 0.29) is 23.7 Å². The molecule has 1 aliphatic rings. The molecule has 1 heterocycles. The zero-order chi connectivity index (χ0) is 18.2. The van der Waals surface area contributed by atoms with Gasteiger partial charge in [-0.2, -0.15) is 0 Å². The van der Waals surface area contributed by atoms with Crippen molar-refractivity contribution in [2.24, 2.45) is 5.92 Å². The summed E-state index contributed by atoms with van der Waals surface area (Å²) in [6, 6.07) is 7.02. The summed E-state index contributed by atoms with van der Waals surface area (Å²) in [5.41, 5.74) is 1.43. The second-order valence-corrected chi connectivity index (χ2v) is 5.89. The molecule has 0 saturated carbocycles. The molecule has 134 valence electrons. The van der Waals surface area contributed by atoms with Gasteiger partial charge >= 0.3 is 5.97 Å². The van der Waals surface area contributed by atoms with Crippen LogP contribution in [0.4, 0.5) is 0 Å². The topological polar surface area (TPSA) is 75.7 Å². The van der Waals surface area contributed by atoms with Crippen molar-refractivity contribution in [3.05, 3.63) is 41.5 Å². The number of hydrogen-bond acceptors (Lipinski definition) is 4. The first-order valence-corrected chi connectivity index (χ1v) is 8.51. The predicted molar refractivity (Wildman–Crippen MR) is 94.8 cm³/mol. The highest BCUT2D eigenvalue weighted by molar-refractivity contribution is 5.95.